The molecule has 1 atom stereocenters. The second-order valence-corrected chi connectivity index (χ2v) is 12.6. The Morgan fingerprint density at radius 1 is 0.950 bits per heavy atom. The van der Waals surface area contributed by atoms with E-state index in [9.17, 15) is 18.0 Å². The maximum absolute atomic E-state index is 14.0. The zero-order valence-corrected chi connectivity index (χ0v) is 25.5. The molecule has 0 fully saturated rings. The third kappa shape index (κ3) is 8.11. The molecule has 0 spiro atoms. The Kier molecular flexibility index (Phi) is 11.2. The molecule has 214 valence electrons. The summed E-state index contributed by atoms with van der Waals surface area (Å²) >= 11 is 1.52. The minimum atomic E-state index is -4.09. The van der Waals surface area contributed by atoms with Crippen molar-refractivity contribution in [3.05, 3.63) is 89.5 Å². The molecule has 3 rings (SSSR count). The quantitative estimate of drug-likeness (QED) is 0.211. The summed E-state index contributed by atoms with van der Waals surface area (Å²) in [5.41, 5.74) is 3.24. The molecule has 0 aliphatic rings. The molecule has 1 N–H and O–H groups in total. The van der Waals surface area contributed by atoms with E-state index in [2.05, 4.69) is 5.32 Å². The van der Waals surface area contributed by atoms with Gasteiger partial charge in [-0.25, -0.2) is 8.42 Å². The van der Waals surface area contributed by atoms with Crippen LogP contribution in [0.2, 0.25) is 0 Å². The van der Waals surface area contributed by atoms with Gasteiger partial charge in [0.25, 0.3) is 10.0 Å². The maximum Gasteiger partial charge on any atom is 0.264 e. The number of hydrogen-bond donors (Lipinski definition) is 1. The molecule has 3 aromatic carbocycles. The van der Waals surface area contributed by atoms with E-state index in [1.165, 1.54) is 16.7 Å². The summed E-state index contributed by atoms with van der Waals surface area (Å²) in [6.45, 7) is 7.84. The summed E-state index contributed by atoms with van der Waals surface area (Å²) in [4.78, 5) is 29.5. The Labute approximate surface area is 243 Å². The van der Waals surface area contributed by atoms with Crippen molar-refractivity contribution in [2.24, 2.45) is 0 Å². The number of nitrogens with one attached hydrogen (secondary N) is 1. The molecule has 0 saturated carbocycles. The standard InChI is InChI=1S/C31H39N3O4S2/c1-6-7-19-32-31(36)25(4)33(21-26-10-8-9-24(3)20-26)30(35)22-34(27-13-11-23(2)12-14-27)40(37,38)29-17-15-28(39-5)16-18-29/h8-18,20,25H,6-7,19,21-22H2,1-5H3,(H,32,36)/t25-/m1/s1. The van der Waals surface area contributed by atoms with E-state index in [1.54, 1.807) is 43.3 Å². The van der Waals surface area contributed by atoms with E-state index in [1.807, 2.05) is 63.4 Å². The highest BCUT2D eigenvalue weighted by atomic mass is 32.2. The lowest BCUT2D eigenvalue weighted by atomic mass is 10.1. The van der Waals surface area contributed by atoms with E-state index in [4.69, 9.17) is 0 Å². The van der Waals surface area contributed by atoms with Gasteiger partial charge in [0.2, 0.25) is 11.8 Å². The Morgan fingerprint density at radius 2 is 1.62 bits per heavy atom. The fraction of sp³-hybridized carbons (Fsp3) is 0.355. The highest BCUT2D eigenvalue weighted by molar-refractivity contribution is 7.98. The molecule has 7 nitrogen and oxygen atoms in total. The third-order valence-corrected chi connectivity index (χ3v) is 9.21. The van der Waals surface area contributed by atoms with Gasteiger partial charge in [0.1, 0.15) is 12.6 Å². The zero-order valence-electron chi connectivity index (χ0n) is 23.9. The van der Waals surface area contributed by atoms with Gasteiger partial charge in [0.15, 0.2) is 0 Å². The number of unbranched alkanes of at least 4 members (excludes halogenated alkanes) is 1. The van der Waals surface area contributed by atoms with Crippen molar-refractivity contribution in [2.75, 3.05) is 23.7 Å². The molecular formula is C31H39N3O4S2. The lowest BCUT2D eigenvalue weighted by molar-refractivity contribution is -0.139. The van der Waals surface area contributed by atoms with Crippen LogP contribution in [0.3, 0.4) is 0 Å². The number of thioether (sulfide) groups is 1. The number of amides is 2. The molecule has 0 unspecified atom stereocenters. The van der Waals surface area contributed by atoms with E-state index in [0.29, 0.717) is 12.2 Å². The van der Waals surface area contributed by atoms with Crippen LogP contribution in [0.4, 0.5) is 5.69 Å². The lowest BCUT2D eigenvalue weighted by Crippen LogP contribution is -2.51. The van der Waals surface area contributed by atoms with Crippen molar-refractivity contribution in [3.8, 4) is 0 Å². The highest BCUT2D eigenvalue weighted by Crippen LogP contribution is 2.26. The molecule has 0 aromatic heterocycles. The molecule has 0 aliphatic carbocycles. The normalized spacial score (nSPS) is 12.0. The number of aryl methyl sites for hydroxylation is 2. The van der Waals surface area contributed by atoms with Crippen molar-refractivity contribution in [2.45, 2.75) is 62.9 Å². The first-order valence-electron chi connectivity index (χ1n) is 13.4. The van der Waals surface area contributed by atoms with Crippen LogP contribution in [0.1, 0.15) is 43.4 Å². The summed E-state index contributed by atoms with van der Waals surface area (Å²) in [6, 6.07) is 20.6. The average Bonchev–Trinajstić information content (AvgIpc) is 2.94. The largest absolute Gasteiger partial charge is 0.354 e. The smallest absolute Gasteiger partial charge is 0.264 e. The fourth-order valence-corrected chi connectivity index (χ4v) is 6.06. The van der Waals surface area contributed by atoms with Crippen molar-refractivity contribution >= 4 is 39.3 Å². The topological polar surface area (TPSA) is 86.8 Å². The monoisotopic (exact) mass is 581 g/mol. The van der Waals surface area contributed by atoms with Gasteiger partial charge in [-0.2, -0.15) is 0 Å². The lowest BCUT2D eigenvalue weighted by Gasteiger charge is -2.32. The van der Waals surface area contributed by atoms with Crippen LogP contribution >= 0.6 is 11.8 Å². The number of carbonyl (C=O) groups is 2. The molecule has 0 bridgehead atoms. The number of anilines is 1. The van der Waals surface area contributed by atoms with Gasteiger partial charge in [0.05, 0.1) is 10.6 Å². The molecule has 0 heterocycles. The molecule has 2 amide bonds. The van der Waals surface area contributed by atoms with Gasteiger partial charge in [0, 0.05) is 18.0 Å². The van der Waals surface area contributed by atoms with Gasteiger partial charge in [-0.05, 0) is 75.4 Å². The van der Waals surface area contributed by atoms with Crippen LogP contribution in [-0.4, -0.2) is 50.5 Å². The van der Waals surface area contributed by atoms with E-state index < -0.39 is 28.5 Å². The molecule has 3 aromatic rings. The van der Waals surface area contributed by atoms with Gasteiger partial charge < -0.3 is 10.2 Å². The van der Waals surface area contributed by atoms with Gasteiger partial charge in [-0.15, -0.1) is 11.8 Å². The van der Waals surface area contributed by atoms with Crippen LogP contribution in [-0.2, 0) is 26.2 Å². The van der Waals surface area contributed by atoms with Crippen LogP contribution in [0, 0.1) is 13.8 Å². The Morgan fingerprint density at radius 3 is 2.23 bits per heavy atom. The molecule has 0 aliphatic heterocycles. The van der Waals surface area contributed by atoms with E-state index >= 15 is 0 Å². The minimum absolute atomic E-state index is 0.0919. The number of rotatable bonds is 13. The Hall–Kier alpha value is -3.30. The second-order valence-electron chi connectivity index (χ2n) is 9.85. The van der Waals surface area contributed by atoms with Crippen molar-refractivity contribution in [1.29, 1.82) is 0 Å². The van der Waals surface area contributed by atoms with Crippen molar-refractivity contribution in [3.63, 3.8) is 0 Å². The van der Waals surface area contributed by atoms with Crippen molar-refractivity contribution < 1.29 is 18.0 Å². The van der Waals surface area contributed by atoms with Gasteiger partial charge in [-0.1, -0.05) is 60.9 Å². The summed E-state index contributed by atoms with van der Waals surface area (Å²) in [7, 11) is -4.09. The molecule has 40 heavy (non-hydrogen) atoms. The number of nitrogens with zero attached hydrogens (tertiary/aromatic N) is 2. The van der Waals surface area contributed by atoms with Gasteiger partial charge >= 0.3 is 0 Å². The van der Waals surface area contributed by atoms with Crippen LogP contribution in [0.25, 0.3) is 0 Å². The number of carbonyl (C=O) groups excluding carboxylic acids is 2. The average molecular weight is 582 g/mol. The van der Waals surface area contributed by atoms with Crippen LogP contribution < -0.4 is 9.62 Å². The minimum Gasteiger partial charge on any atom is -0.354 e. The molecule has 0 radical (unpaired) electrons. The predicted octanol–water partition coefficient (Wildman–Crippen LogP) is 5.55. The maximum atomic E-state index is 14.0. The first kappa shape index (κ1) is 31.2. The first-order valence-corrected chi connectivity index (χ1v) is 16.1. The van der Waals surface area contributed by atoms with E-state index in [-0.39, 0.29) is 17.3 Å². The van der Waals surface area contributed by atoms with Crippen molar-refractivity contribution in [1.82, 2.24) is 10.2 Å². The summed E-state index contributed by atoms with van der Waals surface area (Å²) < 4.78 is 29.0. The van der Waals surface area contributed by atoms with Crippen LogP contribution in [0.5, 0.6) is 0 Å². The second kappa shape index (κ2) is 14.4. The zero-order chi connectivity index (χ0) is 29.3. The number of sulfonamides is 1. The SMILES string of the molecule is CCCCNC(=O)[C@@H](C)N(Cc1cccc(C)c1)C(=O)CN(c1ccc(C)cc1)S(=O)(=O)c1ccc(SC)cc1. The fourth-order valence-electron chi connectivity index (χ4n) is 4.24. The summed E-state index contributed by atoms with van der Waals surface area (Å²) in [5.74, 6) is -0.739. The van der Waals surface area contributed by atoms with Crippen LogP contribution in [0.15, 0.2) is 82.6 Å². The number of benzene rings is 3. The summed E-state index contributed by atoms with van der Waals surface area (Å²) in [5, 5.41) is 2.91. The van der Waals surface area contributed by atoms with Gasteiger partial charge in [-0.3, -0.25) is 13.9 Å². The third-order valence-electron chi connectivity index (χ3n) is 6.68. The highest BCUT2D eigenvalue weighted by Gasteiger charge is 2.32. The Bertz CT molecular complexity index is 1390. The first-order chi connectivity index (χ1) is 19.1. The molecule has 9 heteroatoms. The Balaban J connectivity index is 2.00. The predicted molar refractivity (Wildman–Crippen MR) is 163 cm³/mol. The number of hydrogen-bond acceptors (Lipinski definition) is 5. The molecule has 0 saturated heterocycles. The van der Waals surface area contributed by atoms with E-state index in [0.717, 1.165) is 38.7 Å². The summed E-state index contributed by atoms with van der Waals surface area (Å²) in [6.07, 6.45) is 3.68. The molecular weight excluding hydrogens is 542 g/mol.